The number of hydrogen-bond donors (Lipinski definition) is 3. The first kappa shape index (κ1) is 21.9. The Hall–Kier alpha value is -1.13. The fraction of sp³-hybridized carbons (Fsp3) is 0.762. The molecule has 0 aliphatic heterocycles. The zero-order valence-electron chi connectivity index (χ0n) is 15.7. The van der Waals surface area contributed by atoms with Crippen LogP contribution in [0, 0.1) is 17.8 Å². The van der Waals surface area contributed by atoms with Gasteiger partial charge in [0.15, 0.2) is 0 Å². The van der Waals surface area contributed by atoms with Crippen molar-refractivity contribution < 1.29 is 20.1 Å². The number of carboxylic acid groups (broad SMARTS) is 1. The minimum Gasteiger partial charge on any atom is -0.477 e. The molecule has 3 atom stereocenters. The molecule has 0 bridgehead atoms. The van der Waals surface area contributed by atoms with Gasteiger partial charge in [0.25, 0.3) is 5.79 Å². The number of unbranched alkanes of at least 4 members (excludes halogenated alkanes) is 2. The quantitative estimate of drug-likeness (QED) is 0.256. The molecule has 0 heterocycles. The molecular weight excluding hydrogens is 316 g/mol. The molecule has 0 amide bonds. The number of aliphatic carboxylic acids is 1. The number of rotatable bonds is 13. The van der Waals surface area contributed by atoms with Gasteiger partial charge in [0.1, 0.15) is 0 Å². The lowest BCUT2D eigenvalue weighted by molar-refractivity contribution is -0.205. The highest BCUT2D eigenvalue weighted by Gasteiger charge is 2.32. The Balaban J connectivity index is 2.26. The molecule has 0 radical (unpaired) electrons. The van der Waals surface area contributed by atoms with Crippen LogP contribution in [0.25, 0.3) is 0 Å². The van der Waals surface area contributed by atoms with E-state index in [1.54, 1.807) is 0 Å². The highest BCUT2D eigenvalue weighted by Crippen LogP contribution is 2.36. The molecule has 0 aromatic heterocycles. The van der Waals surface area contributed by atoms with E-state index in [4.69, 9.17) is 5.11 Å². The first-order chi connectivity index (χ1) is 11.9. The SMILES string of the molecule is C=C[C@@H](CC=C[C@H]1CCC[C@@H]1CCCCCC(O)(O)C(=O)O)CCC. The normalized spacial score (nSPS) is 22.4. The Morgan fingerprint density at radius 3 is 2.68 bits per heavy atom. The van der Waals surface area contributed by atoms with Crippen LogP contribution in [0.2, 0.25) is 0 Å². The minimum atomic E-state index is -2.57. The van der Waals surface area contributed by atoms with Crippen molar-refractivity contribution in [2.75, 3.05) is 0 Å². The molecule has 0 saturated heterocycles. The van der Waals surface area contributed by atoms with Crippen molar-refractivity contribution in [3.63, 3.8) is 0 Å². The lowest BCUT2D eigenvalue weighted by atomic mass is 9.89. The third kappa shape index (κ3) is 8.19. The first-order valence-electron chi connectivity index (χ1n) is 9.88. The summed E-state index contributed by atoms with van der Waals surface area (Å²) in [7, 11) is 0. The maximum absolute atomic E-state index is 10.6. The smallest absolute Gasteiger partial charge is 0.364 e. The van der Waals surface area contributed by atoms with Crippen LogP contribution in [-0.4, -0.2) is 27.1 Å². The molecule has 1 rings (SSSR count). The lowest BCUT2D eigenvalue weighted by Crippen LogP contribution is -2.37. The molecule has 1 aliphatic rings. The first-order valence-corrected chi connectivity index (χ1v) is 9.88. The summed E-state index contributed by atoms with van der Waals surface area (Å²) in [6, 6.07) is 0. The van der Waals surface area contributed by atoms with Gasteiger partial charge in [-0.25, -0.2) is 4.79 Å². The van der Waals surface area contributed by atoms with Gasteiger partial charge in [0.05, 0.1) is 0 Å². The van der Waals surface area contributed by atoms with Crippen LogP contribution < -0.4 is 0 Å². The van der Waals surface area contributed by atoms with E-state index in [0.29, 0.717) is 18.3 Å². The third-order valence-electron chi connectivity index (χ3n) is 5.48. The zero-order chi connectivity index (χ0) is 18.7. The van der Waals surface area contributed by atoms with Crippen LogP contribution in [0.1, 0.15) is 77.6 Å². The molecule has 144 valence electrons. The average Bonchev–Trinajstić information content (AvgIpc) is 3.01. The van der Waals surface area contributed by atoms with Crippen LogP contribution in [0.5, 0.6) is 0 Å². The third-order valence-corrected chi connectivity index (χ3v) is 5.48. The van der Waals surface area contributed by atoms with Crippen LogP contribution in [0.3, 0.4) is 0 Å². The van der Waals surface area contributed by atoms with Crippen molar-refractivity contribution >= 4 is 5.97 Å². The van der Waals surface area contributed by atoms with Gasteiger partial charge in [-0.2, -0.15) is 0 Å². The summed E-state index contributed by atoms with van der Waals surface area (Å²) in [5, 5.41) is 27.2. The number of carboxylic acids is 1. The highest BCUT2D eigenvalue weighted by atomic mass is 16.5. The van der Waals surface area contributed by atoms with E-state index in [1.807, 2.05) is 0 Å². The Kier molecular flexibility index (Phi) is 10.1. The van der Waals surface area contributed by atoms with Crippen molar-refractivity contribution in [3.05, 3.63) is 24.8 Å². The summed E-state index contributed by atoms with van der Waals surface area (Å²) in [5.41, 5.74) is 0. The molecule has 25 heavy (non-hydrogen) atoms. The van der Waals surface area contributed by atoms with Gasteiger partial charge in [-0.1, -0.05) is 50.8 Å². The molecule has 1 fully saturated rings. The fourth-order valence-electron chi connectivity index (χ4n) is 3.87. The van der Waals surface area contributed by atoms with Crippen molar-refractivity contribution in [1.29, 1.82) is 0 Å². The second-order valence-corrected chi connectivity index (χ2v) is 7.52. The summed E-state index contributed by atoms with van der Waals surface area (Å²) in [5.74, 6) is -2.15. The topological polar surface area (TPSA) is 77.8 Å². The summed E-state index contributed by atoms with van der Waals surface area (Å²) in [4.78, 5) is 10.6. The maximum atomic E-state index is 10.6. The molecule has 0 unspecified atom stereocenters. The predicted octanol–water partition coefficient (Wildman–Crippen LogP) is 4.67. The van der Waals surface area contributed by atoms with Crippen LogP contribution in [0.15, 0.2) is 24.8 Å². The number of carbonyl (C=O) groups is 1. The maximum Gasteiger partial charge on any atom is 0.364 e. The van der Waals surface area contributed by atoms with Crippen LogP contribution in [0.4, 0.5) is 0 Å². The van der Waals surface area contributed by atoms with Crippen molar-refractivity contribution in [2.24, 2.45) is 17.8 Å². The summed E-state index contributed by atoms with van der Waals surface area (Å²) < 4.78 is 0. The lowest BCUT2D eigenvalue weighted by Gasteiger charge is -2.18. The molecule has 1 saturated carbocycles. The second-order valence-electron chi connectivity index (χ2n) is 7.52. The average molecular weight is 353 g/mol. The van der Waals surface area contributed by atoms with E-state index in [0.717, 1.165) is 31.6 Å². The molecule has 4 heteroatoms. The van der Waals surface area contributed by atoms with Gasteiger partial charge in [0, 0.05) is 6.42 Å². The van der Waals surface area contributed by atoms with Gasteiger partial charge in [-0.3, -0.25) is 0 Å². The number of hydrogen-bond acceptors (Lipinski definition) is 3. The van der Waals surface area contributed by atoms with Crippen molar-refractivity contribution in [3.8, 4) is 0 Å². The van der Waals surface area contributed by atoms with Crippen molar-refractivity contribution in [2.45, 2.75) is 83.3 Å². The highest BCUT2D eigenvalue weighted by molar-refractivity contribution is 5.74. The predicted molar refractivity (Wildman–Crippen MR) is 101 cm³/mol. The van der Waals surface area contributed by atoms with E-state index in [9.17, 15) is 15.0 Å². The van der Waals surface area contributed by atoms with E-state index < -0.39 is 11.8 Å². The van der Waals surface area contributed by atoms with Crippen LogP contribution >= 0.6 is 0 Å². The van der Waals surface area contributed by atoms with Crippen molar-refractivity contribution in [1.82, 2.24) is 0 Å². The van der Waals surface area contributed by atoms with Gasteiger partial charge in [0.2, 0.25) is 0 Å². The van der Waals surface area contributed by atoms with Gasteiger partial charge >= 0.3 is 5.97 Å². The summed E-state index contributed by atoms with van der Waals surface area (Å²) >= 11 is 0. The van der Waals surface area contributed by atoms with Gasteiger partial charge < -0.3 is 15.3 Å². The second kappa shape index (κ2) is 11.5. The fourth-order valence-corrected chi connectivity index (χ4v) is 3.87. The number of allylic oxidation sites excluding steroid dienone is 3. The largest absolute Gasteiger partial charge is 0.477 e. The van der Waals surface area contributed by atoms with Gasteiger partial charge in [-0.05, 0) is 56.3 Å². The van der Waals surface area contributed by atoms with Gasteiger partial charge in [-0.15, -0.1) is 6.58 Å². The zero-order valence-corrected chi connectivity index (χ0v) is 15.7. The molecule has 1 aliphatic carbocycles. The van der Waals surface area contributed by atoms with E-state index in [-0.39, 0.29) is 6.42 Å². The Morgan fingerprint density at radius 1 is 1.28 bits per heavy atom. The molecule has 3 N–H and O–H groups in total. The summed E-state index contributed by atoms with van der Waals surface area (Å²) in [6.45, 7) is 6.13. The van der Waals surface area contributed by atoms with E-state index in [1.165, 1.54) is 32.1 Å². The molecule has 0 aromatic carbocycles. The Bertz CT molecular complexity index is 428. The number of aliphatic hydroxyl groups is 2. The minimum absolute atomic E-state index is 0.100. The standard InChI is InChI=1S/C21H36O4/c1-3-10-17(4-2)11-8-13-19-15-9-14-18(19)12-6-5-7-16-21(24,25)20(22)23/h4,8,13,17-19,24-25H,2-3,5-7,9-12,14-16H2,1H3,(H,22,23)/t17-,18+,19+/m1/s1. The molecule has 4 nitrogen and oxygen atoms in total. The Labute approximate surface area is 152 Å². The van der Waals surface area contributed by atoms with Crippen LogP contribution in [-0.2, 0) is 4.79 Å². The van der Waals surface area contributed by atoms with E-state index in [2.05, 4.69) is 31.7 Å². The molecule has 0 aromatic rings. The molecular formula is C21H36O4. The van der Waals surface area contributed by atoms with E-state index >= 15 is 0 Å². The summed E-state index contributed by atoms with van der Waals surface area (Å²) in [6.07, 6.45) is 17.6. The monoisotopic (exact) mass is 352 g/mol. The molecule has 0 spiro atoms. The Morgan fingerprint density at radius 2 is 2.04 bits per heavy atom.